The minimum absolute atomic E-state index is 0.146. The summed E-state index contributed by atoms with van der Waals surface area (Å²) < 4.78 is 0. The highest BCUT2D eigenvalue weighted by Crippen LogP contribution is 2.14. The third-order valence-electron chi connectivity index (χ3n) is 3.34. The molecule has 0 aromatic carbocycles. The van der Waals surface area contributed by atoms with Crippen LogP contribution in [0.15, 0.2) is 0 Å². The number of nitrogens with one attached hydrogen (secondary N) is 1. The lowest BCUT2D eigenvalue weighted by Gasteiger charge is -2.14. The molecule has 4 heteroatoms. The summed E-state index contributed by atoms with van der Waals surface area (Å²) in [5, 5.41) is 3.01. The first-order chi connectivity index (χ1) is 7.65. The summed E-state index contributed by atoms with van der Waals surface area (Å²) in [6, 6.07) is 0. The molecule has 1 fully saturated rings. The number of nitrogens with two attached hydrogens (primary N) is 1. The van der Waals surface area contributed by atoms with Gasteiger partial charge in [0.2, 0.25) is 5.91 Å². The largest absolute Gasteiger partial charge is 0.356 e. The van der Waals surface area contributed by atoms with Crippen LogP contribution >= 0.6 is 0 Å². The van der Waals surface area contributed by atoms with Gasteiger partial charge < -0.3 is 16.0 Å². The van der Waals surface area contributed by atoms with Gasteiger partial charge in [-0.25, -0.2) is 0 Å². The lowest BCUT2D eigenvalue weighted by atomic mass is 10.1. The Bertz CT molecular complexity index is 220. The zero-order chi connectivity index (χ0) is 12.0. The Kier molecular flexibility index (Phi) is 5.77. The monoisotopic (exact) mass is 227 g/mol. The van der Waals surface area contributed by atoms with Crippen LogP contribution in [0.5, 0.6) is 0 Å². The zero-order valence-corrected chi connectivity index (χ0v) is 10.5. The van der Waals surface area contributed by atoms with E-state index in [1.54, 1.807) is 0 Å². The summed E-state index contributed by atoms with van der Waals surface area (Å²) in [4.78, 5) is 14.0. The zero-order valence-electron chi connectivity index (χ0n) is 10.5. The molecule has 0 aromatic rings. The highest BCUT2D eigenvalue weighted by molar-refractivity contribution is 5.76. The van der Waals surface area contributed by atoms with Gasteiger partial charge in [0.05, 0.1) is 0 Å². The predicted octanol–water partition coefficient (Wildman–Crippen LogP) is 0.429. The Morgan fingerprint density at radius 1 is 1.62 bits per heavy atom. The summed E-state index contributed by atoms with van der Waals surface area (Å²) in [6.45, 7) is 9.03. The van der Waals surface area contributed by atoms with Crippen molar-refractivity contribution in [3.8, 4) is 0 Å². The van der Waals surface area contributed by atoms with Crippen LogP contribution in [0.2, 0.25) is 0 Å². The van der Waals surface area contributed by atoms with Gasteiger partial charge in [-0.15, -0.1) is 0 Å². The lowest BCUT2D eigenvalue weighted by molar-refractivity contribution is -0.122. The van der Waals surface area contributed by atoms with Crippen LogP contribution in [-0.4, -0.2) is 43.5 Å². The topological polar surface area (TPSA) is 58.4 Å². The van der Waals surface area contributed by atoms with Gasteiger partial charge in [-0.2, -0.15) is 0 Å². The van der Waals surface area contributed by atoms with E-state index < -0.39 is 0 Å². The van der Waals surface area contributed by atoms with E-state index in [4.69, 9.17) is 5.73 Å². The molecule has 0 spiro atoms. The third-order valence-corrected chi connectivity index (χ3v) is 3.34. The maximum Gasteiger partial charge on any atom is 0.220 e. The van der Waals surface area contributed by atoms with Gasteiger partial charge in [0.1, 0.15) is 0 Å². The molecule has 1 aliphatic rings. The summed E-state index contributed by atoms with van der Waals surface area (Å²) in [5.74, 6) is 1.07. The van der Waals surface area contributed by atoms with Gasteiger partial charge in [0.15, 0.2) is 0 Å². The van der Waals surface area contributed by atoms with Crippen molar-refractivity contribution in [3.63, 3.8) is 0 Å². The maximum absolute atomic E-state index is 11.5. The summed E-state index contributed by atoms with van der Waals surface area (Å²) in [6.07, 6.45) is 1.77. The van der Waals surface area contributed by atoms with Gasteiger partial charge in [0, 0.05) is 19.5 Å². The number of carbonyl (C=O) groups excluding carboxylic acids is 1. The summed E-state index contributed by atoms with van der Waals surface area (Å²) in [7, 11) is 0. The van der Waals surface area contributed by atoms with Gasteiger partial charge in [-0.05, 0) is 37.9 Å². The van der Waals surface area contributed by atoms with Crippen LogP contribution in [0.1, 0.15) is 26.7 Å². The lowest BCUT2D eigenvalue weighted by Crippen LogP contribution is -2.32. The number of rotatable bonds is 6. The molecule has 0 aromatic heterocycles. The molecule has 1 heterocycles. The average Bonchev–Trinajstić information content (AvgIpc) is 2.74. The second kappa shape index (κ2) is 6.86. The number of hydrogen-bond donors (Lipinski definition) is 2. The molecule has 16 heavy (non-hydrogen) atoms. The first-order valence-corrected chi connectivity index (χ1v) is 6.34. The number of carbonyl (C=O) groups is 1. The fourth-order valence-corrected chi connectivity index (χ4v) is 2.10. The Labute approximate surface area is 98.6 Å². The van der Waals surface area contributed by atoms with Crippen molar-refractivity contribution >= 4 is 5.91 Å². The minimum atomic E-state index is 0.146. The minimum Gasteiger partial charge on any atom is -0.356 e. The van der Waals surface area contributed by atoms with Crippen molar-refractivity contribution in [2.75, 3.05) is 32.7 Å². The van der Waals surface area contributed by atoms with E-state index in [-0.39, 0.29) is 11.8 Å². The molecule has 0 saturated carbocycles. The highest BCUT2D eigenvalue weighted by Gasteiger charge is 2.21. The molecule has 1 rings (SSSR count). The molecule has 1 amide bonds. The van der Waals surface area contributed by atoms with Crippen molar-refractivity contribution in [1.29, 1.82) is 0 Å². The van der Waals surface area contributed by atoms with Crippen molar-refractivity contribution in [2.24, 2.45) is 17.6 Å². The molecule has 1 saturated heterocycles. The molecule has 0 radical (unpaired) electrons. The maximum atomic E-state index is 11.5. The van der Waals surface area contributed by atoms with E-state index in [2.05, 4.69) is 17.1 Å². The molecule has 0 bridgehead atoms. The molecular weight excluding hydrogens is 202 g/mol. The van der Waals surface area contributed by atoms with Crippen molar-refractivity contribution in [3.05, 3.63) is 0 Å². The van der Waals surface area contributed by atoms with E-state index in [9.17, 15) is 4.79 Å². The normalized spacial score (nSPS) is 23.3. The van der Waals surface area contributed by atoms with E-state index in [1.165, 1.54) is 13.0 Å². The molecule has 2 atom stereocenters. The van der Waals surface area contributed by atoms with E-state index >= 15 is 0 Å². The fraction of sp³-hybridized carbons (Fsp3) is 0.917. The standard InChI is InChI=1S/C12H25N3O/c1-3-15-5-4-11(9-15)8-14-12(16)6-10(2)7-13/h10-11H,3-9,13H2,1-2H3,(H,14,16). The van der Waals surface area contributed by atoms with Crippen LogP contribution < -0.4 is 11.1 Å². The third kappa shape index (κ3) is 4.49. The summed E-state index contributed by atoms with van der Waals surface area (Å²) >= 11 is 0. The van der Waals surface area contributed by atoms with Crippen molar-refractivity contribution in [1.82, 2.24) is 10.2 Å². The molecule has 2 unspecified atom stereocenters. The summed E-state index contributed by atoms with van der Waals surface area (Å²) in [5.41, 5.74) is 5.49. The second-order valence-corrected chi connectivity index (χ2v) is 4.90. The number of hydrogen-bond acceptors (Lipinski definition) is 3. The molecular formula is C12H25N3O. The quantitative estimate of drug-likeness (QED) is 0.692. The van der Waals surface area contributed by atoms with Crippen molar-refractivity contribution in [2.45, 2.75) is 26.7 Å². The van der Waals surface area contributed by atoms with E-state index in [0.29, 0.717) is 18.9 Å². The predicted molar refractivity (Wildman–Crippen MR) is 66.1 cm³/mol. The second-order valence-electron chi connectivity index (χ2n) is 4.90. The number of nitrogens with zero attached hydrogens (tertiary/aromatic N) is 1. The van der Waals surface area contributed by atoms with E-state index in [0.717, 1.165) is 19.6 Å². The van der Waals surface area contributed by atoms with Crippen LogP contribution in [0.25, 0.3) is 0 Å². The van der Waals surface area contributed by atoms with Gasteiger partial charge in [0.25, 0.3) is 0 Å². The molecule has 0 aliphatic carbocycles. The Hall–Kier alpha value is -0.610. The van der Waals surface area contributed by atoms with Gasteiger partial charge in [-0.3, -0.25) is 4.79 Å². The number of likely N-dealkylation sites (tertiary alicyclic amines) is 1. The molecule has 1 aliphatic heterocycles. The molecule has 3 N–H and O–H groups in total. The van der Waals surface area contributed by atoms with Crippen molar-refractivity contribution < 1.29 is 4.79 Å². The Balaban J connectivity index is 2.13. The SMILES string of the molecule is CCN1CCC(CNC(=O)CC(C)CN)C1. The average molecular weight is 227 g/mol. The van der Waals surface area contributed by atoms with Gasteiger partial charge >= 0.3 is 0 Å². The molecule has 4 nitrogen and oxygen atoms in total. The van der Waals surface area contributed by atoms with Crippen LogP contribution in [0.3, 0.4) is 0 Å². The van der Waals surface area contributed by atoms with Crippen LogP contribution in [0, 0.1) is 11.8 Å². The molecule has 94 valence electrons. The smallest absolute Gasteiger partial charge is 0.220 e. The fourth-order valence-electron chi connectivity index (χ4n) is 2.10. The van der Waals surface area contributed by atoms with Crippen LogP contribution in [-0.2, 0) is 4.79 Å². The highest BCUT2D eigenvalue weighted by atomic mass is 16.1. The van der Waals surface area contributed by atoms with Gasteiger partial charge in [-0.1, -0.05) is 13.8 Å². The Morgan fingerprint density at radius 3 is 2.94 bits per heavy atom. The van der Waals surface area contributed by atoms with Crippen LogP contribution in [0.4, 0.5) is 0 Å². The Morgan fingerprint density at radius 2 is 2.38 bits per heavy atom. The first kappa shape index (κ1) is 13.5. The first-order valence-electron chi connectivity index (χ1n) is 6.34. The van der Waals surface area contributed by atoms with E-state index in [1.807, 2.05) is 6.92 Å². The number of amides is 1.